The van der Waals surface area contributed by atoms with Gasteiger partial charge in [0, 0.05) is 12.2 Å². The predicted octanol–water partition coefficient (Wildman–Crippen LogP) is 6.57. The molecular formula is C25H49O8PS. The highest BCUT2D eigenvalue weighted by atomic mass is 32.2. The standard InChI is InChI=1S/C25H49O8PS/c1-2-3-4-5-6-7-8-9-12-15-18-25(27)33-24(21-32-34(28,29)30)22-35-20-17-14-11-10-13-16-19-31-23-26/h23-24H,2-22H2,1H3,(H2,28,29,30)/t24-/m1/s1. The topological polar surface area (TPSA) is 119 Å². The molecule has 10 heteroatoms. The zero-order valence-corrected chi connectivity index (χ0v) is 23.4. The molecule has 1 atom stereocenters. The first kappa shape index (κ1) is 34.4. The molecule has 0 saturated carbocycles. The average molecular weight is 541 g/mol. The highest BCUT2D eigenvalue weighted by molar-refractivity contribution is 7.99. The fraction of sp³-hybridized carbons (Fsp3) is 0.920. The molecule has 35 heavy (non-hydrogen) atoms. The van der Waals surface area contributed by atoms with E-state index in [0.29, 0.717) is 25.3 Å². The normalized spacial score (nSPS) is 12.4. The molecule has 208 valence electrons. The van der Waals surface area contributed by atoms with E-state index in [1.54, 1.807) is 11.8 Å². The van der Waals surface area contributed by atoms with Gasteiger partial charge in [0.2, 0.25) is 0 Å². The Bertz CT molecular complexity index is 544. The fourth-order valence-electron chi connectivity index (χ4n) is 3.66. The van der Waals surface area contributed by atoms with Crippen LogP contribution in [-0.4, -0.2) is 53.1 Å². The van der Waals surface area contributed by atoms with E-state index in [0.717, 1.165) is 63.5 Å². The molecule has 0 aromatic heterocycles. The maximum absolute atomic E-state index is 12.2. The van der Waals surface area contributed by atoms with Crippen LogP contribution < -0.4 is 0 Å². The third-order valence-corrected chi connectivity index (χ3v) is 7.30. The molecule has 0 unspecified atom stereocenters. The Kier molecular flexibility index (Phi) is 24.6. The lowest BCUT2D eigenvalue weighted by atomic mass is 10.1. The van der Waals surface area contributed by atoms with Crippen LogP contribution in [0.4, 0.5) is 0 Å². The minimum Gasteiger partial charge on any atom is -0.468 e. The van der Waals surface area contributed by atoms with Gasteiger partial charge >= 0.3 is 13.8 Å². The van der Waals surface area contributed by atoms with E-state index >= 15 is 0 Å². The van der Waals surface area contributed by atoms with Crippen LogP contribution in [0.3, 0.4) is 0 Å². The average Bonchev–Trinajstić information content (AvgIpc) is 2.81. The van der Waals surface area contributed by atoms with Crippen LogP contribution in [0.2, 0.25) is 0 Å². The lowest BCUT2D eigenvalue weighted by molar-refractivity contribution is -0.149. The van der Waals surface area contributed by atoms with Gasteiger partial charge in [0.15, 0.2) is 0 Å². The summed E-state index contributed by atoms with van der Waals surface area (Å²) < 4.78 is 25.8. The van der Waals surface area contributed by atoms with Gasteiger partial charge in [0.05, 0.1) is 13.2 Å². The second kappa shape index (κ2) is 25.1. The molecule has 0 aromatic rings. The van der Waals surface area contributed by atoms with Crippen molar-refractivity contribution in [2.75, 3.05) is 24.7 Å². The molecule has 0 saturated heterocycles. The van der Waals surface area contributed by atoms with Gasteiger partial charge in [-0.2, -0.15) is 11.8 Å². The monoisotopic (exact) mass is 540 g/mol. The van der Waals surface area contributed by atoms with E-state index in [9.17, 15) is 14.2 Å². The van der Waals surface area contributed by atoms with Crippen molar-refractivity contribution >= 4 is 32.0 Å². The quantitative estimate of drug-likeness (QED) is 0.0516. The highest BCUT2D eigenvalue weighted by Gasteiger charge is 2.21. The van der Waals surface area contributed by atoms with Crippen LogP contribution in [0.1, 0.15) is 116 Å². The molecule has 0 radical (unpaired) electrons. The van der Waals surface area contributed by atoms with Crippen molar-refractivity contribution in [2.45, 2.75) is 122 Å². The van der Waals surface area contributed by atoms with Gasteiger partial charge in [0.1, 0.15) is 6.10 Å². The number of hydrogen-bond donors (Lipinski definition) is 2. The van der Waals surface area contributed by atoms with Crippen molar-refractivity contribution in [1.29, 1.82) is 0 Å². The molecule has 0 aliphatic heterocycles. The van der Waals surface area contributed by atoms with Crippen molar-refractivity contribution in [3.05, 3.63) is 0 Å². The molecule has 8 nitrogen and oxygen atoms in total. The summed E-state index contributed by atoms with van der Waals surface area (Å²) in [4.78, 5) is 40.2. The third-order valence-electron chi connectivity index (χ3n) is 5.63. The number of hydrogen-bond acceptors (Lipinski definition) is 7. The summed E-state index contributed by atoms with van der Waals surface area (Å²) in [6.45, 7) is 2.88. The van der Waals surface area contributed by atoms with Gasteiger partial charge in [-0.1, -0.05) is 90.4 Å². The van der Waals surface area contributed by atoms with E-state index in [4.69, 9.17) is 14.5 Å². The number of esters is 1. The summed E-state index contributed by atoms with van der Waals surface area (Å²) in [7, 11) is -4.61. The van der Waals surface area contributed by atoms with Gasteiger partial charge in [-0.25, -0.2) is 4.57 Å². The van der Waals surface area contributed by atoms with Crippen LogP contribution >= 0.6 is 19.6 Å². The summed E-state index contributed by atoms with van der Waals surface area (Å²) in [5.41, 5.74) is 0. The maximum atomic E-state index is 12.2. The van der Waals surface area contributed by atoms with Crippen LogP contribution in [-0.2, 0) is 28.2 Å². The van der Waals surface area contributed by atoms with E-state index in [-0.39, 0.29) is 12.6 Å². The van der Waals surface area contributed by atoms with Crippen molar-refractivity contribution in [2.24, 2.45) is 0 Å². The van der Waals surface area contributed by atoms with Crippen LogP contribution in [0.15, 0.2) is 0 Å². The largest absolute Gasteiger partial charge is 0.469 e. The van der Waals surface area contributed by atoms with E-state index in [2.05, 4.69) is 16.2 Å². The Hall–Kier alpha value is -0.600. The molecule has 0 fully saturated rings. The number of ether oxygens (including phenoxy) is 2. The summed E-state index contributed by atoms with van der Waals surface area (Å²) in [5.74, 6) is 1.01. The smallest absolute Gasteiger partial charge is 0.468 e. The summed E-state index contributed by atoms with van der Waals surface area (Å²) in [5, 5.41) is 0. The second-order valence-electron chi connectivity index (χ2n) is 8.99. The number of phosphoric acid groups is 1. The van der Waals surface area contributed by atoms with Crippen molar-refractivity contribution in [1.82, 2.24) is 0 Å². The number of carbonyl (C=O) groups excluding carboxylic acids is 2. The Morgan fingerprint density at radius 1 is 0.857 bits per heavy atom. The van der Waals surface area contributed by atoms with Crippen molar-refractivity contribution in [3.63, 3.8) is 0 Å². The number of phosphoric ester groups is 1. The molecule has 0 aliphatic carbocycles. The molecule has 0 heterocycles. The Balaban J connectivity index is 3.93. The summed E-state index contributed by atoms with van der Waals surface area (Å²) >= 11 is 1.60. The molecule has 2 N–H and O–H groups in total. The minimum atomic E-state index is -4.61. The van der Waals surface area contributed by atoms with E-state index in [1.807, 2.05) is 0 Å². The zero-order valence-electron chi connectivity index (χ0n) is 21.7. The molecule has 0 amide bonds. The molecule has 0 spiro atoms. The van der Waals surface area contributed by atoms with Crippen LogP contribution in [0.5, 0.6) is 0 Å². The molecular weight excluding hydrogens is 491 g/mol. The predicted molar refractivity (Wildman–Crippen MR) is 141 cm³/mol. The fourth-order valence-corrected chi connectivity index (χ4v) is 5.02. The summed E-state index contributed by atoms with van der Waals surface area (Å²) in [6, 6.07) is 0. The maximum Gasteiger partial charge on any atom is 0.469 e. The number of rotatable bonds is 27. The molecule has 0 aromatic carbocycles. The third kappa shape index (κ3) is 27.8. The van der Waals surface area contributed by atoms with Crippen molar-refractivity contribution in [3.8, 4) is 0 Å². The SMILES string of the molecule is CCCCCCCCCCCCC(=O)O[C@H](COP(=O)(O)O)CSCCCCCCCCOC=O. The Morgan fingerprint density at radius 2 is 1.40 bits per heavy atom. The number of thioether (sulfide) groups is 1. The Morgan fingerprint density at radius 3 is 1.97 bits per heavy atom. The number of unbranched alkanes of at least 4 members (excludes halogenated alkanes) is 14. The Labute approximate surface area is 216 Å². The minimum absolute atomic E-state index is 0.302. The van der Waals surface area contributed by atoms with Crippen LogP contribution in [0.25, 0.3) is 0 Å². The van der Waals surface area contributed by atoms with Gasteiger partial charge < -0.3 is 19.3 Å². The zero-order chi connectivity index (χ0) is 26.0. The van der Waals surface area contributed by atoms with Gasteiger partial charge in [0.25, 0.3) is 6.47 Å². The molecule has 0 rings (SSSR count). The first-order valence-corrected chi connectivity index (χ1v) is 16.1. The first-order chi connectivity index (χ1) is 16.9. The summed E-state index contributed by atoms with van der Waals surface area (Å²) in [6.07, 6.45) is 17.8. The van der Waals surface area contributed by atoms with Gasteiger partial charge in [-0.05, 0) is 25.0 Å². The number of carbonyl (C=O) groups is 2. The van der Waals surface area contributed by atoms with E-state index < -0.39 is 13.9 Å². The lowest BCUT2D eigenvalue weighted by Gasteiger charge is -2.18. The van der Waals surface area contributed by atoms with E-state index in [1.165, 1.54) is 44.9 Å². The highest BCUT2D eigenvalue weighted by Crippen LogP contribution is 2.36. The van der Waals surface area contributed by atoms with Gasteiger partial charge in [-0.15, -0.1) is 0 Å². The van der Waals surface area contributed by atoms with Gasteiger partial charge in [-0.3, -0.25) is 14.1 Å². The van der Waals surface area contributed by atoms with Crippen molar-refractivity contribution < 1.29 is 37.9 Å². The molecule has 0 bridgehead atoms. The second-order valence-corrected chi connectivity index (χ2v) is 11.4. The lowest BCUT2D eigenvalue weighted by Crippen LogP contribution is -2.25. The first-order valence-electron chi connectivity index (χ1n) is 13.4. The van der Waals surface area contributed by atoms with Crippen LogP contribution in [0, 0.1) is 0 Å². The molecule has 0 aliphatic rings.